The summed E-state index contributed by atoms with van der Waals surface area (Å²) in [6, 6.07) is 0. The predicted octanol–water partition coefficient (Wildman–Crippen LogP) is 2.31. The van der Waals surface area contributed by atoms with Gasteiger partial charge in [-0.05, 0) is 19.3 Å². The van der Waals surface area contributed by atoms with Gasteiger partial charge in [0.2, 0.25) is 0 Å². The van der Waals surface area contributed by atoms with E-state index < -0.39 is 0 Å². The zero-order valence-corrected chi connectivity index (χ0v) is 11.6. The number of rotatable bonds is 5. The molecule has 0 atom stereocenters. The Labute approximate surface area is 106 Å². The molecule has 90 valence electrons. The van der Waals surface area contributed by atoms with Crippen LogP contribution in [0.5, 0.6) is 0 Å². The second-order valence-electron chi connectivity index (χ2n) is 4.09. The first kappa shape index (κ1) is 13.5. The fourth-order valence-electron chi connectivity index (χ4n) is 1.42. The van der Waals surface area contributed by atoms with Crippen molar-refractivity contribution in [3.63, 3.8) is 0 Å². The summed E-state index contributed by atoms with van der Waals surface area (Å²) in [4.78, 5) is 17.0. The van der Waals surface area contributed by atoms with Gasteiger partial charge < -0.3 is 5.32 Å². The fourth-order valence-corrected chi connectivity index (χ4v) is 2.40. The average Bonchev–Trinajstić information content (AvgIpc) is 2.55. The number of aryl methyl sites for hydroxylation is 1. The number of hydrogen-bond acceptors (Lipinski definition) is 4. The van der Waals surface area contributed by atoms with Crippen LogP contribution < -0.4 is 5.32 Å². The molecule has 1 aromatic rings. The van der Waals surface area contributed by atoms with Gasteiger partial charge in [-0.25, -0.2) is 4.98 Å². The molecule has 0 saturated heterocycles. The predicted molar refractivity (Wildman–Crippen MR) is 71.6 cm³/mol. The lowest BCUT2D eigenvalue weighted by atomic mass is 10.1. The maximum absolute atomic E-state index is 11.8. The Morgan fingerprint density at radius 3 is 2.81 bits per heavy atom. The van der Waals surface area contributed by atoms with Crippen LogP contribution in [0.25, 0.3) is 0 Å². The van der Waals surface area contributed by atoms with E-state index in [0.29, 0.717) is 18.2 Å². The lowest BCUT2D eigenvalue weighted by Gasteiger charge is -2.05. The number of nitrogens with zero attached hydrogens (tertiary/aromatic N) is 1. The molecule has 0 aromatic carbocycles. The van der Waals surface area contributed by atoms with Crippen molar-refractivity contribution in [2.45, 2.75) is 27.2 Å². The van der Waals surface area contributed by atoms with Crippen molar-refractivity contribution in [3.05, 3.63) is 15.6 Å². The van der Waals surface area contributed by atoms with E-state index in [9.17, 15) is 4.79 Å². The Kier molecular flexibility index (Phi) is 5.28. The highest BCUT2D eigenvalue weighted by Crippen LogP contribution is 2.20. The van der Waals surface area contributed by atoms with E-state index in [-0.39, 0.29) is 5.91 Å². The first-order valence-corrected chi connectivity index (χ1v) is 6.84. The molecule has 3 nitrogen and oxygen atoms in total. The number of amides is 1. The zero-order chi connectivity index (χ0) is 12.1. The quantitative estimate of drug-likeness (QED) is 0.796. The van der Waals surface area contributed by atoms with Crippen molar-refractivity contribution in [1.82, 2.24) is 10.3 Å². The lowest BCUT2D eigenvalue weighted by molar-refractivity contribution is 0.0959. The summed E-state index contributed by atoms with van der Waals surface area (Å²) >= 11 is 5.53. The van der Waals surface area contributed by atoms with E-state index in [2.05, 4.69) is 36.8 Å². The molecule has 0 fully saturated rings. The Balaban J connectivity index is 2.81. The molecular formula is C11H18N2OS2. The largest absolute Gasteiger partial charge is 0.350 e. The molecule has 0 spiro atoms. The number of carbonyl (C=O) groups excluding carboxylic acids is 1. The summed E-state index contributed by atoms with van der Waals surface area (Å²) in [6.45, 7) is 6.79. The van der Waals surface area contributed by atoms with E-state index >= 15 is 0 Å². The molecule has 0 aliphatic heterocycles. The van der Waals surface area contributed by atoms with Crippen LogP contribution in [-0.2, 0) is 6.42 Å². The van der Waals surface area contributed by atoms with Crippen molar-refractivity contribution >= 4 is 29.9 Å². The summed E-state index contributed by atoms with van der Waals surface area (Å²) in [6.07, 6.45) is 0.855. The fraction of sp³-hybridized carbons (Fsp3) is 0.636. The average molecular weight is 258 g/mol. The third kappa shape index (κ3) is 3.79. The van der Waals surface area contributed by atoms with Crippen molar-refractivity contribution in [1.29, 1.82) is 0 Å². The Hall–Kier alpha value is -0.550. The number of hydrogen-bond donors (Lipinski definition) is 2. The van der Waals surface area contributed by atoms with Crippen molar-refractivity contribution < 1.29 is 4.79 Å². The van der Waals surface area contributed by atoms with E-state index in [1.54, 1.807) is 0 Å². The number of thiol groups is 1. The minimum Gasteiger partial charge on any atom is -0.350 e. The van der Waals surface area contributed by atoms with Crippen LogP contribution >= 0.6 is 24.0 Å². The van der Waals surface area contributed by atoms with Gasteiger partial charge in [-0.3, -0.25) is 4.79 Å². The van der Waals surface area contributed by atoms with Gasteiger partial charge in [0, 0.05) is 12.3 Å². The van der Waals surface area contributed by atoms with Crippen LogP contribution in [0, 0.1) is 12.8 Å². The maximum atomic E-state index is 11.8. The minimum atomic E-state index is -0.0182. The van der Waals surface area contributed by atoms with Crippen LogP contribution in [0.4, 0.5) is 0 Å². The third-order valence-corrected chi connectivity index (χ3v) is 3.24. The van der Waals surface area contributed by atoms with Crippen LogP contribution in [0.1, 0.15) is 34.2 Å². The molecule has 5 heteroatoms. The van der Waals surface area contributed by atoms with Gasteiger partial charge in [0.05, 0.1) is 10.7 Å². The molecule has 16 heavy (non-hydrogen) atoms. The van der Waals surface area contributed by atoms with Crippen LogP contribution in [-0.4, -0.2) is 23.2 Å². The van der Waals surface area contributed by atoms with Crippen LogP contribution in [0.2, 0.25) is 0 Å². The van der Waals surface area contributed by atoms with E-state index in [0.717, 1.165) is 22.0 Å². The normalized spacial score (nSPS) is 10.8. The van der Waals surface area contributed by atoms with E-state index in [1.807, 2.05) is 6.92 Å². The smallest absolute Gasteiger partial charge is 0.263 e. The molecule has 1 aromatic heterocycles. The maximum Gasteiger partial charge on any atom is 0.263 e. The molecule has 0 aliphatic rings. The first-order valence-electron chi connectivity index (χ1n) is 5.40. The molecule has 1 amide bonds. The van der Waals surface area contributed by atoms with Gasteiger partial charge in [0.15, 0.2) is 0 Å². The van der Waals surface area contributed by atoms with E-state index in [1.165, 1.54) is 11.3 Å². The molecule has 1 N–H and O–H groups in total. The topological polar surface area (TPSA) is 42.0 Å². The van der Waals surface area contributed by atoms with Gasteiger partial charge in [-0.1, -0.05) is 13.8 Å². The van der Waals surface area contributed by atoms with Gasteiger partial charge in [0.25, 0.3) is 5.91 Å². The van der Waals surface area contributed by atoms with Gasteiger partial charge in [0.1, 0.15) is 4.88 Å². The van der Waals surface area contributed by atoms with Crippen LogP contribution in [0.3, 0.4) is 0 Å². The van der Waals surface area contributed by atoms with Crippen molar-refractivity contribution in [2.75, 3.05) is 12.3 Å². The molecule has 0 aliphatic carbocycles. The van der Waals surface area contributed by atoms with Crippen molar-refractivity contribution in [3.8, 4) is 0 Å². The highest BCUT2D eigenvalue weighted by atomic mass is 32.1. The Morgan fingerprint density at radius 2 is 2.25 bits per heavy atom. The molecule has 1 heterocycles. The highest BCUT2D eigenvalue weighted by Gasteiger charge is 2.16. The second-order valence-corrected chi connectivity index (χ2v) is 5.74. The molecule has 1 rings (SSSR count). The zero-order valence-electron chi connectivity index (χ0n) is 9.91. The van der Waals surface area contributed by atoms with E-state index in [4.69, 9.17) is 0 Å². The summed E-state index contributed by atoms with van der Waals surface area (Å²) in [5.74, 6) is 1.15. The highest BCUT2D eigenvalue weighted by molar-refractivity contribution is 7.80. The van der Waals surface area contributed by atoms with Crippen LogP contribution in [0.15, 0.2) is 0 Å². The molecule has 0 unspecified atom stereocenters. The van der Waals surface area contributed by atoms with Gasteiger partial charge in [-0.2, -0.15) is 12.6 Å². The van der Waals surface area contributed by atoms with Gasteiger partial charge >= 0.3 is 0 Å². The standard InChI is InChI=1S/C11H18N2OS2/c1-7(2)6-9-10(16-8(3)13-9)11(14)12-4-5-15/h7,15H,4-6H2,1-3H3,(H,12,14). The lowest BCUT2D eigenvalue weighted by Crippen LogP contribution is -2.25. The number of nitrogens with one attached hydrogen (secondary N) is 1. The molecule has 0 saturated carbocycles. The summed E-state index contributed by atoms with van der Waals surface area (Å²) < 4.78 is 0. The molecular weight excluding hydrogens is 240 g/mol. The third-order valence-electron chi connectivity index (χ3n) is 2.01. The SMILES string of the molecule is Cc1nc(CC(C)C)c(C(=O)NCCS)s1. The number of carbonyl (C=O) groups is 1. The molecule has 0 radical (unpaired) electrons. The number of thiazole rings is 1. The summed E-state index contributed by atoms with van der Waals surface area (Å²) in [5.41, 5.74) is 0.925. The molecule has 0 bridgehead atoms. The Morgan fingerprint density at radius 1 is 1.56 bits per heavy atom. The number of aromatic nitrogens is 1. The first-order chi connectivity index (χ1) is 7.54. The van der Waals surface area contributed by atoms with Crippen molar-refractivity contribution in [2.24, 2.45) is 5.92 Å². The second kappa shape index (κ2) is 6.25. The Bertz CT molecular complexity index is 361. The van der Waals surface area contributed by atoms with Gasteiger partial charge in [-0.15, -0.1) is 11.3 Å². The monoisotopic (exact) mass is 258 g/mol. The summed E-state index contributed by atoms with van der Waals surface area (Å²) in [7, 11) is 0. The summed E-state index contributed by atoms with van der Waals surface area (Å²) in [5, 5.41) is 3.78. The minimum absolute atomic E-state index is 0.0182.